The maximum absolute atomic E-state index is 11.1. The van der Waals surface area contributed by atoms with Crippen LogP contribution < -0.4 is 20.8 Å². The zero-order valence-electron chi connectivity index (χ0n) is 19.2. The summed E-state index contributed by atoms with van der Waals surface area (Å²) >= 11 is 0. The first-order chi connectivity index (χ1) is 17.9. The highest BCUT2D eigenvalue weighted by molar-refractivity contribution is 5.85. The fraction of sp³-hybridized carbons (Fsp3) is 0.0435. The molecule has 0 spiro atoms. The number of aromatic nitrogens is 3. The van der Waals surface area contributed by atoms with Gasteiger partial charge in [0.2, 0.25) is 17.8 Å². The van der Waals surface area contributed by atoms with Gasteiger partial charge in [-0.05, 0) is 30.3 Å². The van der Waals surface area contributed by atoms with E-state index in [0.717, 1.165) is 5.69 Å². The fourth-order valence-electron chi connectivity index (χ4n) is 3.08. The lowest BCUT2D eigenvalue weighted by molar-refractivity contribution is -0.385. The second kappa shape index (κ2) is 11.2. The van der Waals surface area contributed by atoms with Gasteiger partial charge in [0.05, 0.1) is 23.2 Å². The number of nitro groups is 2. The number of hydrogen-bond acceptors (Lipinski definition) is 12. The van der Waals surface area contributed by atoms with Crippen molar-refractivity contribution in [3.05, 3.63) is 98.6 Å². The van der Waals surface area contributed by atoms with Gasteiger partial charge in [-0.25, -0.2) is 5.43 Å². The van der Waals surface area contributed by atoms with Crippen molar-refractivity contribution >= 4 is 46.8 Å². The Morgan fingerprint density at radius 2 is 1.35 bits per heavy atom. The van der Waals surface area contributed by atoms with Crippen LogP contribution in [0.2, 0.25) is 0 Å². The molecule has 0 unspecified atom stereocenters. The molecule has 0 bridgehead atoms. The van der Waals surface area contributed by atoms with Crippen LogP contribution in [0.25, 0.3) is 0 Å². The Balaban J connectivity index is 1.60. The summed E-state index contributed by atoms with van der Waals surface area (Å²) in [4.78, 5) is 33.9. The molecule has 4 aromatic rings. The first-order valence-electron chi connectivity index (χ1n) is 10.6. The van der Waals surface area contributed by atoms with Crippen LogP contribution in [-0.4, -0.2) is 38.1 Å². The number of hydrogen-bond donors (Lipinski definition) is 3. The number of nitrogens with one attached hydrogen (secondary N) is 3. The Kier molecular flexibility index (Phi) is 7.39. The molecule has 0 saturated heterocycles. The lowest BCUT2D eigenvalue weighted by Gasteiger charge is -2.10. The molecule has 1 heterocycles. The zero-order valence-corrected chi connectivity index (χ0v) is 19.2. The van der Waals surface area contributed by atoms with Crippen molar-refractivity contribution in [1.82, 2.24) is 15.0 Å². The molecule has 3 N–H and O–H groups in total. The van der Waals surface area contributed by atoms with Gasteiger partial charge in [-0.2, -0.15) is 20.1 Å². The quantitative estimate of drug-likeness (QED) is 0.156. The summed E-state index contributed by atoms with van der Waals surface area (Å²) < 4.78 is 5.23. The van der Waals surface area contributed by atoms with Gasteiger partial charge in [0.15, 0.2) is 0 Å². The molecule has 0 aliphatic heterocycles. The van der Waals surface area contributed by atoms with E-state index in [4.69, 9.17) is 4.74 Å². The van der Waals surface area contributed by atoms with Gasteiger partial charge in [-0.3, -0.25) is 20.2 Å². The molecule has 0 saturated carbocycles. The van der Waals surface area contributed by atoms with Crippen LogP contribution in [0.5, 0.6) is 5.75 Å². The Bertz CT molecular complexity index is 1450. The maximum atomic E-state index is 11.1. The van der Waals surface area contributed by atoms with Crippen LogP contribution >= 0.6 is 0 Å². The molecule has 0 aliphatic carbocycles. The minimum absolute atomic E-state index is 0.0542. The third kappa shape index (κ3) is 6.48. The fourth-order valence-corrected chi connectivity index (χ4v) is 3.08. The number of rotatable bonds is 10. The van der Waals surface area contributed by atoms with E-state index in [1.165, 1.54) is 55.8 Å². The Hall–Kier alpha value is -5.66. The van der Waals surface area contributed by atoms with E-state index >= 15 is 0 Å². The second-order valence-electron chi connectivity index (χ2n) is 7.28. The second-order valence-corrected chi connectivity index (χ2v) is 7.28. The van der Waals surface area contributed by atoms with Gasteiger partial charge in [0.25, 0.3) is 11.4 Å². The lowest BCUT2D eigenvalue weighted by Crippen LogP contribution is -2.07. The number of ether oxygens (including phenoxy) is 1. The Morgan fingerprint density at radius 1 is 0.784 bits per heavy atom. The largest absolute Gasteiger partial charge is 0.496 e. The van der Waals surface area contributed by atoms with E-state index < -0.39 is 9.85 Å². The minimum Gasteiger partial charge on any atom is -0.496 e. The van der Waals surface area contributed by atoms with Crippen LogP contribution in [0.1, 0.15) is 5.56 Å². The summed E-state index contributed by atoms with van der Waals surface area (Å²) in [5, 5.41) is 32.1. The van der Waals surface area contributed by atoms with Crippen molar-refractivity contribution in [2.75, 3.05) is 23.2 Å². The third-order valence-electron chi connectivity index (χ3n) is 4.79. The van der Waals surface area contributed by atoms with E-state index in [2.05, 4.69) is 36.1 Å². The number of benzene rings is 3. The first-order valence-corrected chi connectivity index (χ1v) is 10.6. The summed E-state index contributed by atoms with van der Waals surface area (Å²) in [5.74, 6) is 0.765. The van der Waals surface area contributed by atoms with Crippen molar-refractivity contribution in [3.63, 3.8) is 0 Å². The van der Waals surface area contributed by atoms with E-state index in [1.807, 2.05) is 30.3 Å². The molecule has 0 radical (unpaired) electrons. The first kappa shape index (κ1) is 24.5. The molecule has 14 heteroatoms. The van der Waals surface area contributed by atoms with Crippen molar-refractivity contribution in [2.24, 2.45) is 5.10 Å². The zero-order chi connectivity index (χ0) is 26.2. The molecule has 0 atom stereocenters. The van der Waals surface area contributed by atoms with Gasteiger partial charge in [0.1, 0.15) is 5.75 Å². The lowest BCUT2D eigenvalue weighted by atomic mass is 10.2. The molecular weight excluding hydrogens is 482 g/mol. The molecule has 0 amide bonds. The van der Waals surface area contributed by atoms with Crippen molar-refractivity contribution in [3.8, 4) is 5.75 Å². The molecular formula is C23H19N9O5. The molecule has 0 fully saturated rings. The smallest absolute Gasteiger partial charge is 0.270 e. The van der Waals surface area contributed by atoms with Crippen LogP contribution in [0, 0.1) is 20.2 Å². The predicted octanol–water partition coefficient (Wildman–Crippen LogP) is 4.63. The van der Waals surface area contributed by atoms with E-state index in [0.29, 0.717) is 17.0 Å². The van der Waals surface area contributed by atoms with Crippen molar-refractivity contribution < 1.29 is 14.6 Å². The molecule has 186 valence electrons. The topological polar surface area (TPSA) is 183 Å². The number of anilines is 5. The normalized spacial score (nSPS) is 10.6. The SMILES string of the molecule is COc1ccc([N+](=O)[O-])cc1C=NNc1nc(Nc2ccccc2)nc(Nc2ccc([N+](=O)[O-])cc2)n1. The third-order valence-corrected chi connectivity index (χ3v) is 4.79. The molecule has 37 heavy (non-hydrogen) atoms. The Morgan fingerprint density at radius 3 is 1.95 bits per heavy atom. The van der Waals surface area contributed by atoms with Crippen LogP contribution in [-0.2, 0) is 0 Å². The predicted molar refractivity (Wildman–Crippen MR) is 137 cm³/mol. The van der Waals surface area contributed by atoms with Gasteiger partial charge in [-0.1, -0.05) is 18.2 Å². The van der Waals surface area contributed by atoms with Gasteiger partial charge in [-0.15, -0.1) is 0 Å². The van der Waals surface area contributed by atoms with Crippen LogP contribution in [0.15, 0.2) is 77.9 Å². The average molecular weight is 501 g/mol. The van der Waals surface area contributed by atoms with Crippen molar-refractivity contribution in [2.45, 2.75) is 0 Å². The Labute approximate surface area is 209 Å². The summed E-state index contributed by atoms with van der Waals surface area (Å²) in [7, 11) is 1.44. The standard InChI is InChI=1S/C23H19N9O5/c1-37-20-12-11-19(32(35)36)13-15(20)14-24-30-23-28-21(25-16-5-3-2-4-6-16)27-22(29-23)26-17-7-9-18(10-8-17)31(33)34/h2-14H,1H3,(H3,25,26,27,28,29,30). The number of para-hydroxylation sites is 1. The number of methoxy groups -OCH3 is 1. The maximum Gasteiger partial charge on any atom is 0.270 e. The molecule has 4 rings (SSSR count). The van der Waals surface area contributed by atoms with E-state index in [1.54, 1.807) is 0 Å². The number of nitro benzene ring substituents is 2. The van der Waals surface area contributed by atoms with Crippen LogP contribution in [0.4, 0.5) is 40.6 Å². The number of non-ortho nitro benzene ring substituents is 2. The van der Waals surface area contributed by atoms with Gasteiger partial charge < -0.3 is 15.4 Å². The highest BCUT2D eigenvalue weighted by Crippen LogP contribution is 2.23. The molecule has 14 nitrogen and oxygen atoms in total. The molecule has 3 aromatic carbocycles. The van der Waals surface area contributed by atoms with Gasteiger partial charge >= 0.3 is 0 Å². The molecule has 0 aliphatic rings. The highest BCUT2D eigenvalue weighted by Gasteiger charge is 2.11. The summed E-state index contributed by atoms with van der Waals surface area (Å²) in [6.07, 6.45) is 1.34. The number of nitrogens with zero attached hydrogens (tertiary/aromatic N) is 6. The number of hydrazone groups is 1. The highest BCUT2D eigenvalue weighted by atomic mass is 16.6. The molecule has 1 aromatic heterocycles. The van der Waals surface area contributed by atoms with Crippen molar-refractivity contribution in [1.29, 1.82) is 0 Å². The minimum atomic E-state index is -0.520. The van der Waals surface area contributed by atoms with Gasteiger partial charge in [0, 0.05) is 41.2 Å². The summed E-state index contributed by atoms with van der Waals surface area (Å²) in [5.41, 5.74) is 4.11. The summed E-state index contributed by atoms with van der Waals surface area (Å²) in [6.45, 7) is 0. The monoisotopic (exact) mass is 501 g/mol. The van der Waals surface area contributed by atoms with E-state index in [-0.39, 0.29) is 29.2 Å². The average Bonchev–Trinajstić information content (AvgIpc) is 2.89. The van der Waals surface area contributed by atoms with Crippen LogP contribution in [0.3, 0.4) is 0 Å². The summed E-state index contributed by atoms with van der Waals surface area (Å²) in [6, 6.07) is 19.1. The van der Waals surface area contributed by atoms with E-state index in [9.17, 15) is 20.2 Å².